The van der Waals surface area contributed by atoms with Gasteiger partial charge in [-0.3, -0.25) is 0 Å². The zero-order chi connectivity index (χ0) is 13.9. The van der Waals surface area contributed by atoms with Gasteiger partial charge in [0.2, 0.25) is 10.0 Å². The minimum Gasteiger partial charge on any atom is -0.399 e. The topological polar surface area (TPSA) is 75.4 Å². The molecular weight excluding hydrogens is 262 g/mol. The van der Waals surface area contributed by atoms with Gasteiger partial charge in [-0.05, 0) is 44.0 Å². The lowest BCUT2D eigenvalue weighted by atomic mass is 10.1. The van der Waals surface area contributed by atoms with E-state index in [1.165, 1.54) is 0 Å². The Morgan fingerprint density at radius 1 is 1.26 bits per heavy atom. The largest absolute Gasteiger partial charge is 0.399 e. The summed E-state index contributed by atoms with van der Waals surface area (Å²) in [6.45, 7) is 3.38. The highest BCUT2D eigenvalue weighted by atomic mass is 32.2. The number of hydrogen-bond acceptors (Lipinski definition) is 4. The SMILES string of the molecule is CCS(=O)(=O)NC1CCN(c2ccc(N)cc2)CC1. The van der Waals surface area contributed by atoms with Crippen LogP contribution in [-0.2, 0) is 10.0 Å². The minimum atomic E-state index is -3.09. The predicted molar refractivity (Wildman–Crippen MR) is 78.7 cm³/mol. The average molecular weight is 283 g/mol. The number of nitrogens with two attached hydrogens (primary N) is 1. The van der Waals surface area contributed by atoms with E-state index in [1.54, 1.807) is 6.92 Å². The smallest absolute Gasteiger partial charge is 0.211 e. The van der Waals surface area contributed by atoms with E-state index in [0.29, 0.717) is 0 Å². The molecule has 0 amide bonds. The van der Waals surface area contributed by atoms with Gasteiger partial charge in [-0.15, -0.1) is 0 Å². The molecule has 0 atom stereocenters. The molecule has 0 aliphatic carbocycles. The number of sulfonamides is 1. The lowest BCUT2D eigenvalue weighted by Gasteiger charge is -2.33. The maximum atomic E-state index is 11.5. The highest BCUT2D eigenvalue weighted by Crippen LogP contribution is 2.21. The van der Waals surface area contributed by atoms with Crippen LogP contribution in [-0.4, -0.2) is 33.3 Å². The number of rotatable bonds is 4. The van der Waals surface area contributed by atoms with E-state index in [-0.39, 0.29) is 11.8 Å². The molecule has 1 heterocycles. The molecule has 0 aromatic heterocycles. The molecule has 0 bridgehead atoms. The Bertz CT molecular complexity index is 505. The van der Waals surface area contributed by atoms with Crippen molar-refractivity contribution in [2.24, 2.45) is 0 Å². The first-order chi connectivity index (χ1) is 9.00. The second kappa shape index (κ2) is 5.79. The van der Waals surface area contributed by atoms with Crippen molar-refractivity contribution in [3.05, 3.63) is 24.3 Å². The summed E-state index contributed by atoms with van der Waals surface area (Å²) in [5.74, 6) is 0.144. The van der Waals surface area contributed by atoms with Gasteiger partial charge in [0.15, 0.2) is 0 Å². The number of hydrogen-bond donors (Lipinski definition) is 2. The quantitative estimate of drug-likeness (QED) is 0.814. The molecule has 2 rings (SSSR count). The van der Waals surface area contributed by atoms with Gasteiger partial charge in [-0.25, -0.2) is 13.1 Å². The molecule has 1 fully saturated rings. The maximum Gasteiger partial charge on any atom is 0.211 e. The molecule has 5 nitrogen and oxygen atoms in total. The monoisotopic (exact) mass is 283 g/mol. The highest BCUT2D eigenvalue weighted by molar-refractivity contribution is 7.89. The fourth-order valence-electron chi connectivity index (χ4n) is 2.28. The molecule has 1 saturated heterocycles. The molecule has 1 aliphatic rings. The standard InChI is InChI=1S/C13H21N3O2S/c1-2-19(17,18)15-12-7-9-16(10-8-12)13-5-3-11(14)4-6-13/h3-6,12,15H,2,7-10,14H2,1H3. The Balaban J connectivity index is 1.90. The van der Waals surface area contributed by atoms with Crippen molar-refractivity contribution >= 4 is 21.4 Å². The summed E-state index contributed by atoms with van der Waals surface area (Å²) in [6, 6.07) is 7.86. The number of nitrogens with zero attached hydrogens (tertiary/aromatic N) is 1. The number of benzene rings is 1. The Labute approximate surface area is 114 Å². The highest BCUT2D eigenvalue weighted by Gasteiger charge is 2.22. The van der Waals surface area contributed by atoms with Gasteiger partial charge in [0, 0.05) is 30.5 Å². The van der Waals surface area contributed by atoms with Crippen LogP contribution in [0.3, 0.4) is 0 Å². The molecule has 19 heavy (non-hydrogen) atoms. The van der Waals surface area contributed by atoms with Crippen LogP contribution in [0, 0.1) is 0 Å². The van der Waals surface area contributed by atoms with E-state index >= 15 is 0 Å². The number of piperidine rings is 1. The third kappa shape index (κ3) is 3.84. The molecule has 0 radical (unpaired) electrons. The molecule has 1 aromatic rings. The van der Waals surface area contributed by atoms with Gasteiger partial charge in [0.1, 0.15) is 0 Å². The van der Waals surface area contributed by atoms with E-state index in [4.69, 9.17) is 5.73 Å². The van der Waals surface area contributed by atoms with Crippen LogP contribution in [0.1, 0.15) is 19.8 Å². The first kappa shape index (κ1) is 14.1. The summed E-state index contributed by atoms with van der Waals surface area (Å²) in [5.41, 5.74) is 7.57. The van der Waals surface area contributed by atoms with Crippen molar-refractivity contribution in [2.45, 2.75) is 25.8 Å². The average Bonchev–Trinajstić information content (AvgIpc) is 2.40. The van der Waals surface area contributed by atoms with Crippen LogP contribution in [0.2, 0.25) is 0 Å². The summed E-state index contributed by atoms with van der Waals surface area (Å²) >= 11 is 0. The summed E-state index contributed by atoms with van der Waals surface area (Å²) in [4.78, 5) is 2.26. The van der Waals surface area contributed by atoms with Gasteiger partial charge < -0.3 is 10.6 Å². The third-order valence-corrected chi connectivity index (χ3v) is 4.93. The lowest BCUT2D eigenvalue weighted by molar-refractivity contribution is 0.460. The molecule has 1 aliphatic heterocycles. The normalized spacial score (nSPS) is 17.6. The van der Waals surface area contributed by atoms with Crippen LogP contribution in [0.15, 0.2) is 24.3 Å². The van der Waals surface area contributed by atoms with Crippen LogP contribution < -0.4 is 15.4 Å². The predicted octanol–water partition coefficient (Wildman–Crippen LogP) is 1.18. The number of anilines is 2. The van der Waals surface area contributed by atoms with Crippen LogP contribution >= 0.6 is 0 Å². The van der Waals surface area contributed by atoms with Gasteiger partial charge in [-0.1, -0.05) is 0 Å². The number of nitrogen functional groups attached to an aromatic ring is 1. The Kier molecular flexibility index (Phi) is 4.31. The fourth-order valence-corrected chi connectivity index (χ4v) is 3.19. The van der Waals surface area contributed by atoms with Gasteiger partial charge >= 0.3 is 0 Å². The van der Waals surface area contributed by atoms with Crippen molar-refractivity contribution in [3.8, 4) is 0 Å². The maximum absolute atomic E-state index is 11.5. The van der Waals surface area contributed by atoms with Gasteiger partial charge in [0.05, 0.1) is 5.75 Å². The van der Waals surface area contributed by atoms with Crippen molar-refractivity contribution in [1.29, 1.82) is 0 Å². The zero-order valence-electron chi connectivity index (χ0n) is 11.2. The number of nitrogens with one attached hydrogen (secondary N) is 1. The van der Waals surface area contributed by atoms with Crippen molar-refractivity contribution in [3.63, 3.8) is 0 Å². The van der Waals surface area contributed by atoms with Crippen molar-refractivity contribution in [2.75, 3.05) is 29.5 Å². The van der Waals surface area contributed by atoms with E-state index in [1.807, 2.05) is 24.3 Å². The van der Waals surface area contributed by atoms with E-state index < -0.39 is 10.0 Å². The van der Waals surface area contributed by atoms with Gasteiger partial charge in [0.25, 0.3) is 0 Å². The van der Waals surface area contributed by atoms with E-state index in [2.05, 4.69) is 9.62 Å². The first-order valence-electron chi connectivity index (χ1n) is 6.60. The second-order valence-corrected chi connectivity index (χ2v) is 6.92. The van der Waals surface area contributed by atoms with Gasteiger partial charge in [-0.2, -0.15) is 0 Å². The second-order valence-electron chi connectivity index (χ2n) is 4.87. The molecule has 0 saturated carbocycles. The molecule has 106 valence electrons. The molecule has 6 heteroatoms. The third-order valence-electron chi connectivity index (χ3n) is 3.48. The Morgan fingerprint density at radius 3 is 2.37 bits per heavy atom. The van der Waals surface area contributed by atoms with Crippen LogP contribution in [0.5, 0.6) is 0 Å². The first-order valence-corrected chi connectivity index (χ1v) is 8.26. The fraction of sp³-hybridized carbons (Fsp3) is 0.538. The Hall–Kier alpha value is -1.27. The van der Waals surface area contributed by atoms with Crippen LogP contribution in [0.25, 0.3) is 0 Å². The summed E-state index contributed by atoms with van der Waals surface area (Å²) in [7, 11) is -3.09. The Morgan fingerprint density at radius 2 is 1.84 bits per heavy atom. The molecule has 3 N–H and O–H groups in total. The lowest BCUT2D eigenvalue weighted by Crippen LogP contribution is -2.45. The molecular formula is C13H21N3O2S. The molecule has 0 unspecified atom stereocenters. The summed E-state index contributed by atoms with van der Waals surface area (Å²) in [5, 5.41) is 0. The van der Waals surface area contributed by atoms with Crippen molar-refractivity contribution in [1.82, 2.24) is 4.72 Å². The molecule has 0 spiro atoms. The van der Waals surface area contributed by atoms with Crippen molar-refractivity contribution < 1.29 is 8.42 Å². The van der Waals surface area contributed by atoms with Crippen LogP contribution in [0.4, 0.5) is 11.4 Å². The zero-order valence-corrected chi connectivity index (χ0v) is 12.0. The minimum absolute atomic E-state index is 0.0648. The summed E-state index contributed by atoms with van der Waals surface area (Å²) < 4.78 is 25.8. The molecule has 1 aromatic carbocycles. The van der Waals surface area contributed by atoms with E-state index in [9.17, 15) is 8.42 Å². The summed E-state index contributed by atoms with van der Waals surface area (Å²) in [6.07, 6.45) is 1.67. The van der Waals surface area contributed by atoms with E-state index in [0.717, 1.165) is 37.3 Å².